The van der Waals surface area contributed by atoms with Gasteiger partial charge in [0.2, 0.25) is 0 Å². The van der Waals surface area contributed by atoms with Gasteiger partial charge in [-0.15, -0.1) is 11.3 Å². The molecule has 1 aliphatic carbocycles. The highest BCUT2D eigenvalue weighted by atomic mass is 32.1. The molecule has 27 heavy (non-hydrogen) atoms. The van der Waals surface area contributed by atoms with Gasteiger partial charge in [-0.2, -0.15) is 0 Å². The standard InChI is InChI=1S/C20H35N5OS/c1-3-18-24-17(15-27-18)14-22-19(21-4-2)23-16-20(8-6-5-7-9-20)25-10-12-26-13-11-25/h15H,3-14,16H2,1-2H3,(H2,21,22,23). The van der Waals surface area contributed by atoms with Crippen LogP contribution in [0.15, 0.2) is 10.4 Å². The first-order valence-electron chi connectivity index (χ1n) is 10.5. The largest absolute Gasteiger partial charge is 0.379 e. The van der Waals surface area contributed by atoms with E-state index in [1.54, 1.807) is 11.3 Å². The molecule has 7 heteroatoms. The summed E-state index contributed by atoms with van der Waals surface area (Å²) >= 11 is 1.73. The summed E-state index contributed by atoms with van der Waals surface area (Å²) in [5, 5.41) is 10.4. The van der Waals surface area contributed by atoms with Crippen LogP contribution in [0.3, 0.4) is 0 Å². The molecule has 0 atom stereocenters. The summed E-state index contributed by atoms with van der Waals surface area (Å²) in [4.78, 5) is 12.1. The highest BCUT2D eigenvalue weighted by Crippen LogP contribution is 2.33. The van der Waals surface area contributed by atoms with E-state index in [2.05, 4.69) is 39.7 Å². The maximum absolute atomic E-state index is 5.59. The molecule has 1 aliphatic heterocycles. The lowest BCUT2D eigenvalue weighted by Crippen LogP contribution is -2.60. The van der Waals surface area contributed by atoms with E-state index >= 15 is 0 Å². The monoisotopic (exact) mass is 393 g/mol. The first-order valence-corrected chi connectivity index (χ1v) is 11.4. The Morgan fingerprint density at radius 2 is 2.00 bits per heavy atom. The molecule has 2 fully saturated rings. The second-order valence-electron chi connectivity index (χ2n) is 7.52. The summed E-state index contributed by atoms with van der Waals surface area (Å²) in [6, 6.07) is 0. The van der Waals surface area contributed by atoms with E-state index in [9.17, 15) is 0 Å². The molecule has 0 unspecified atom stereocenters. The molecule has 1 aromatic rings. The maximum atomic E-state index is 5.59. The number of morpholine rings is 1. The van der Waals surface area contributed by atoms with Crippen LogP contribution in [0.5, 0.6) is 0 Å². The first-order chi connectivity index (χ1) is 13.3. The van der Waals surface area contributed by atoms with Crippen LogP contribution in [0.4, 0.5) is 0 Å². The molecule has 1 aromatic heterocycles. The molecule has 0 spiro atoms. The SMILES string of the molecule is CCNC(=NCc1csc(CC)n1)NCC1(N2CCOCC2)CCCCC1. The van der Waals surface area contributed by atoms with Crippen LogP contribution in [0.2, 0.25) is 0 Å². The summed E-state index contributed by atoms with van der Waals surface area (Å²) in [6.07, 6.45) is 7.55. The average molecular weight is 394 g/mol. The van der Waals surface area contributed by atoms with Gasteiger partial charge in [-0.25, -0.2) is 9.98 Å². The number of guanidine groups is 1. The van der Waals surface area contributed by atoms with Gasteiger partial charge < -0.3 is 15.4 Å². The van der Waals surface area contributed by atoms with Crippen LogP contribution in [-0.2, 0) is 17.7 Å². The number of nitrogens with one attached hydrogen (secondary N) is 2. The molecule has 1 saturated carbocycles. The highest BCUT2D eigenvalue weighted by molar-refractivity contribution is 7.09. The zero-order valence-electron chi connectivity index (χ0n) is 16.9. The Morgan fingerprint density at radius 3 is 2.67 bits per heavy atom. The molecule has 152 valence electrons. The zero-order valence-corrected chi connectivity index (χ0v) is 17.7. The Balaban J connectivity index is 1.63. The van der Waals surface area contributed by atoms with E-state index in [0.717, 1.165) is 57.5 Å². The number of aromatic nitrogens is 1. The van der Waals surface area contributed by atoms with E-state index in [0.29, 0.717) is 6.54 Å². The van der Waals surface area contributed by atoms with Gasteiger partial charge in [-0.05, 0) is 26.2 Å². The van der Waals surface area contributed by atoms with E-state index in [1.165, 1.54) is 37.1 Å². The normalized spacial score (nSPS) is 21.2. The van der Waals surface area contributed by atoms with Crippen LogP contribution < -0.4 is 10.6 Å². The smallest absolute Gasteiger partial charge is 0.191 e. The molecular weight excluding hydrogens is 358 g/mol. The molecule has 0 radical (unpaired) electrons. The van der Waals surface area contributed by atoms with Crippen molar-refractivity contribution >= 4 is 17.3 Å². The van der Waals surface area contributed by atoms with Gasteiger partial charge in [0, 0.05) is 37.1 Å². The molecule has 2 N–H and O–H groups in total. The molecular formula is C20H35N5OS. The Morgan fingerprint density at radius 1 is 1.22 bits per heavy atom. The topological polar surface area (TPSA) is 61.8 Å². The summed E-state index contributed by atoms with van der Waals surface area (Å²) in [5.74, 6) is 0.904. The van der Waals surface area contributed by atoms with Gasteiger partial charge in [0.1, 0.15) is 0 Å². The van der Waals surface area contributed by atoms with Crippen LogP contribution >= 0.6 is 11.3 Å². The molecule has 6 nitrogen and oxygen atoms in total. The van der Waals surface area contributed by atoms with Crippen molar-refractivity contribution in [2.45, 2.75) is 64.5 Å². The van der Waals surface area contributed by atoms with Crippen molar-refractivity contribution in [1.29, 1.82) is 0 Å². The van der Waals surface area contributed by atoms with Crippen LogP contribution in [0.25, 0.3) is 0 Å². The Hall–Kier alpha value is -1.18. The predicted octanol–water partition coefficient (Wildman–Crippen LogP) is 2.80. The first kappa shape index (κ1) is 20.6. The van der Waals surface area contributed by atoms with Gasteiger partial charge >= 0.3 is 0 Å². The van der Waals surface area contributed by atoms with E-state index in [1.807, 2.05) is 0 Å². The molecule has 0 bridgehead atoms. The van der Waals surface area contributed by atoms with E-state index in [4.69, 9.17) is 9.73 Å². The predicted molar refractivity (Wildman–Crippen MR) is 113 cm³/mol. The van der Waals surface area contributed by atoms with Crippen molar-refractivity contribution in [3.8, 4) is 0 Å². The van der Waals surface area contributed by atoms with Gasteiger partial charge in [0.15, 0.2) is 5.96 Å². The van der Waals surface area contributed by atoms with Crippen molar-refractivity contribution < 1.29 is 4.74 Å². The Kier molecular flexibility index (Phi) is 7.91. The fourth-order valence-electron chi connectivity index (χ4n) is 4.19. The number of thiazole rings is 1. The summed E-state index contributed by atoms with van der Waals surface area (Å²) < 4.78 is 5.59. The fourth-order valence-corrected chi connectivity index (χ4v) is 4.92. The molecule has 0 amide bonds. The van der Waals surface area contributed by atoms with Crippen LogP contribution in [0.1, 0.15) is 56.7 Å². The quantitative estimate of drug-likeness (QED) is 0.551. The third-order valence-electron chi connectivity index (χ3n) is 5.70. The lowest BCUT2D eigenvalue weighted by atomic mass is 9.80. The summed E-state index contributed by atoms with van der Waals surface area (Å²) in [7, 11) is 0. The number of hydrogen-bond acceptors (Lipinski definition) is 5. The van der Waals surface area contributed by atoms with Crippen molar-refractivity contribution in [2.75, 3.05) is 39.4 Å². The fraction of sp³-hybridized carbons (Fsp3) is 0.800. The molecule has 2 heterocycles. The van der Waals surface area contributed by atoms with E-state index in [-0.39, 0.29) is 5.54 Å². The number of ether oxygens (including phenoxy) is 1. The lowest BCUT2D eigenvalue weighted by molar-refractivity contribution is -0.0352. The van der Waals surface area contributed by atoms with E-state index < -0.39 is 0 Å². The summed E-state index contributed by atoms with van der Waals surface area (Å²) in [5.41, 5.74) is 1.31. The average Bonchev–Trinajstić information content (AvgIpc) is 3.19. The Labute approximate surface area is 167 Å². The zero-order chi connectivity index (χ0) is 19.0. The molecule has 1 saturated heterocycles. The van der Waals surface area contributed by atoms with Gasteiger partial charge in [-0.3, -0.25) is 4.90 Å². The minimum atomic E-state index is 0.244. The molecule has 2 aliphatic rings. The minimum absolute atomic E-state index is 0.244. The van der Waals surface area contributed by atoms with Gasteiger partial charge in [0.25, 0.3) is 0 Å². The van der Waals surface area contributed by atoms with Crippen molar-refractivity contribution in [1.82, 2.24) is 20.5 Å². The number of hydrogen-bond donors (Lipinski definition) is 2. The van der Waals surface area contributed by atoms with Crippen molar-refractivity contribution in [3.63, 3.8) is 0 Å². The minimum Gasteiger partial charge on any atom is -0.379 e. The van der Waals surface area contributed by atoms with Gasteiger partial charge in [-0.1, -0.05) is 26.2 Å². The number of aryl methyl sites for hydroxylation is 1. The lowest BCUT2D eigenvalue weighted by Gasteiger charge is -2.48. The molecule has 3 rings (SSSR count). The number of rotatable bonds is 7. The van der Waals surface area contributed by atoms with Crippen LogP contribution in [0, 0.1) is 0 Å². The maximum Gasteiger partial charge on any atom is 0.191 e. The van der Waals surface area contributed by atoms with Crippen molar-refractivity contribution in [3.05, 3.63) is 16.1 Å². The van der Waals surface area contributed by atoms with Gasteiger partial charge in [0.05, 0.1) is 30.5 Å². The summed E-state index contributed by atoms with van der Waals surface area (Å²) in [6.45, 7) is 10.5. The van der Waals surface area contributed by atoms with Crippen LogP contribution in [-0.4, -0.2) is 60.8 Å². The Bertz CT molecular complexity index is 591. The van der Waals surface area contributed by atoms with Crippen molar-refractivity contribution in [2.24, 2.45) is 4.99 Å². The number of aliphatic imine (C=N–C) groups is 1. The number of nitrogens with zero attached hydrogens (tertiary/aromatic N) is 3. The third kappa shape index (κ3) is 5.65. The second kappa shape index (κ2) is 10.4. The molecule has 0 aromatic carbocycles. The highest BCUT2D eigenvalue weighted by Gasteiger charge is 2.38. The second-order valence-corrected chi connectivity index (χ2v) is 8.46. The third-order valence-corrected chi connectivity index (χ3v) is 6.74.